The molecule has 3 aromatic carbocycles. The SMILES string of the molecule is COc1ccc(-n2c(SCC(=O)Nc3cc(C(F)(F)F)cc(C(F)(F)F)c3)nnc2-c2ccc(C)cc2)cc1. The van der Waals surface area contributed by atoms with Crippen molar-refractivity contribution >= 4 is 23.4 Å². The fraction of sp³-hybridized carbons (Fsp3) is 0.192. The molecule has 0 fully saturated rings. The number of benzene rings is 3. The Morgan fingerprint density at radius 2 is 1.49 bits per heavy atom. The molecule has 0 unspecified atom stereocenters. The number of thioether (sulfide) groups is 1. The first-order chi connectivity index (χ1) is 18.3. The molecule has 0 spiro atoms. The first-order valence-electron chi connectivity index (χ1n) is 11.2. The highest BCUT2D eigenvalue weighted by atomic mass is 32.2. The number of ether oxygens (including phenoxy) is 1. The van der Waals surface area contributed by atoms with Gasteiger partial charge in [0.15, 0.2) is 11.0 Å². The minimum Gasteiger partial charge on any atom is -0.497 e. The Bertz CT molecular complexity index is 1430. The summed E-state index contributed by atoms with van der Waals surface area (Å²) in [4.78, 5) is 12.6. The Labute approximate surface area is 223 Å². The quantitative estimate of drug-likeness (QED) is 0.192. The first kappa shape index (κ1) is 28.0. The number of hydrogen-bond acceptors (Lipinski definition) is 5. The Balaban J connectivity index is 1.60. The predicted molar refractivity (Wildman–Crippen MR) is 134 cm³/mol. The third kappa shape index (κ3) is 6.72. The van der Waals surface area contributed by atoms with Gasteiger partial charge in [0, 0.05) is 16.9 Å². The second-order valence-electron chi connectivity index (χ2n) is 8.34. The lowest BCUT2D eigenvalue weighted by atomic mass is 10.1. The number of anilines is 1. The maximum Gasteiger partial charge on any atom is 0.416 e. The summed E-state index contributed by atoms with van der Waals surface area (Å²) in [5.41, 5.74) is -1.26. The summed E-state index contributed by atoms with van der Waals surface area (Å²) in [5.74, 6) is -0.110. The van der Waals surface area contributed by atoms with Crippen LogP contribution >= 0.6 is 11.8 Å². The first-order valence-corrected chi connectivity index (χ1v) is 12.2. The van der Waals surface area contributed by atoms with E-state index >= 15 is 0 Å². The van der Waals surface area contributed by atoms with Crippen LogP contribution in [0.3, 0.4) is 0 Å². The molecule has 0 aliphatic carbocycles. The van der Waals surface area contributed by atoms with Gasteiger partial charge in [-0.05, 0) is 49.4 Å². The van der Waals surface area contributed by atoms with E-state index in [-0.39, 0.29) is 17.0 Å². The molecule has 4 aromatic rings. The summed E-state index contributed by atoms with van der Waals surface area (Å²) in [7, 11) is 1.52. The molecule has 0 saturated heterocycles. The minimum atomic E-state index is -5.03. The molecule has 1 aromatic heterocycles. The van der Waals surface area contributed by atoms with Crippen LogP contribution in [0.1, 0.15) is 16.7 Å². The molecular formula is C26H20F6N4O2S. The van der Waals surface area contributed by atoms with Crippen LogP contribution < -0.4 is 10.1 Å². The van der Waals surface area contributed by atoms with Crippen molar-refractivity contribution in [2.24, 2.45) is 0 Å². The van der Waals surface area contributed by atoms with Gasteiger partial charge in [0.25, 0.3) is 0 Å². The van der Waals surface area contributed by atoms with Crippen LogP contribution in [0.25, 0.3) is 17.1 Å². The van der Waals surface area contributed by atoms with Crippen LogP contribution in [0, 0.1) is 6.92 Å². The van der Waals surface area contributed by atoms with Crippen molar-refractivity contribution in [1.29, 1.82) is 0 Å². The molecule has 1 heterocycles. The molecule has 204 valence electrons. The normalized spacial score (nSPS) is 11.9. The molecule has 0 saturated carbocycles. The van der Waals surface area contributed by atoms with Gasteiger partial charge in [0.05, 0.1) is 24.0 Å². The number of carbonyl (C=O) groups is 1. The smallest absolute Gasteiger partial charge is 0.416 e. The van der Waals surface area contributed by atoms with Crippen LogP contribution in [0.15, 0.2) is 71.9 Å². The van der Waals surface area contributed by atoms with Crippen molar-refractivity contribution in [2.45, 2.75) is 24.4 Å². The van der Waals surface area contributed by atoms with E-state index < -0.39 is 35.1 Å². The minimum absolute atomic E-state index is 0.00562. The van der Waals surface area contributed by atoms with Crippen molar-refractivity contribution in [2.75, 3.05) is 18.2 Å². The van der Waals surface area contributed by atoms with Gasteiger partial charge in [-0.15, -0.1) is 10.2 Å². The number of hydrogen-bond donors (Lipinski definition) is 1. The number of alkyl halides is 6. The second-order valence-corrected chi connectivity index (χ2v) is 9.28. The number of carbonyl (C=O) groups excluding carboxylic acids is 1. The molecule has 1 amide bonds. The maximum atomic E-state index is 13.2. The third-order valence-electron chi connectivity index (χ3n) is 5.48. The Morgan fingerprint density at radius 3 is 2.03 bits per heavy atom. The van der Waals surface area contributed by atoms with Crippen molar-refractivity contribution < 1.29 is 35.9 Å². The van der Waals surface area contributed by atoms with Crippen LogP contribution in [0.2, 0.25) is 0 Å². The highest BCUT2D eigenvalue weighted by Gasteiger charge is 2.37. The zero-order valence-corrected chi connectivity index (χ0v) is 21.2. The molecule has 0 atom stereocenters. The van der Waals surface area contributed by atoms with E-state index in [9.17, 15) is 31.1 Å². The number of nitrogens with zero attached hydrogens (tertiary/aromatic N) is 3. The second kappa shape index (κ2) is 11.0. The standard InChI is InChI=1S/C26H20F6N4O2S/c1-15-3-5-16(6-4-15)23-34-35-24(36(23)20-7-9-21(38-2)10-8-20)39-14-22(37)33-19-12-17(25(27,28)29)11-18(13-19)26(30,31)32/h3-13H,14H2,1-2H3,(H,33,37). The number of amides is 1. The molecule has 4 rings (SSSR count). The molecule has 0 aliphatic heterocycles. The van der Waals surface area contributed by atoms with E-state index in [1.807, 2.05) is 31.2 Å². The third-order valence-corrected chi connectivity index (χ3v) is 6.41. The van der Waals surface area contributed by atoms with E-state index in [0.717, 1.165) is 22.9 Å². The van der Waals surface area contributed by atoms with Gasteiger partial charge in [-0.2, -0.15) is 26.3 Å². The Morgan fingerprint density at radius 1 is 0.897 bits per heavy atom. The van der Waals surface area contributed by atoms with Crippen molar-refractivity contribution in [3.05, 3.63) is 83.4 Å². The van der Waals surface area contributed by atoms with Crippen molar-refractivity contribution in [3.63, 3.8) is 0 Å². The van der Waals surface area contributed by atoms with Gasteiger partial charge in [0.1, 0.15) is 5.75 Å². The summed E-state index contributed by atoms with van der Waals surface area (Å²) >= 11 is 0.919. The van der Waals surface area contributed by atoms with Gasteiger partial charge >= 0.3 is 12.4 Å². The molecule has 39 heavy (non-hydrogen) atoms. The zero-order valence-electron chi connectivity index (χ0n) is 20.4. The lowest BCUT2D eigenvalue weighted by Gasteiger charge is -2.15. The molecule has 13 heteroatoms. The Hall–Kier alpha value is -4.00. The molecule has 1 N–H and O–H groups in total. The molecular weight excluding hydrogens is 546 g/mol. The van der Waals surface area contributed by atoms with Crippen LogP contribution in [-0.4, -0.2) is 33.5 Å². The van der Waals surface area contributed by atoms with Gasteiger partial charge in [-0.25, -0.2) is 0 Å². The summed E-state index contributed by atoms with van der Waals surface area (Å²) in [6, 6.07) is 15.4. The number of methoxy groups -OCH3 is 1. The number of rotatable bonds is 7. The average Bonchev–Trinajstić information content (AvgIpc) is 3.30. The molecule has 0 radical (unpaired) electrons. The fourth-order valence-corrected chi connectivity index (χ4v) is 4.32. The summed E-state index contributed by atoms with van der Waals surface area (Å²) in [6.45, 7) is 1.93. The average molecular weight is 567 g/mol. The van der Waals surface area contributed by atoms with Crippen molar-refractivity contribution in [1.82, 2.24) is 14.8 Å². The zero-order chi connectivity index (χ0) is 28.4. The van der Waals surface area contributed by atoms with Crippen LogP contribution in [0.4, 0.5) is 32.0 Å². The lowest BCUT2D eigenvalue weighted by Crippen LogP contribution is -2.17. The monoisotopic (exact) mass is 566 g/mol. The van der Waals surface area contributed by atoms with E-state index in [4.69, 9.17) is 4.74 Å². The van der Waals surface area contributed by atoms with Gasteiger partial charge in [-0.3, -0.25) is 9.36 Å². The van der Waals surface area contributed by atoms with E-state index in [1.54, 1.807) is 28.8 Å². The number of nitrogens with one attached hydrogen (secondary N) is 1. The van der Waals surface area contributed by atoms with Gasteiger partial charge < -0.3 is 10.1 Å². The summed E-state index contributed by atoms with van der Waals surface area (Å²) in [5, 5.41) is 10.8. The number of aromatic nitrogens is 3. The van der Waals surface area contributed by atoms with Gasteiger partial charge in [-0.1, -0.05) is 41.6 Å². The van der Waals surface area contributed by atoms with E-state index in [2.05, 4.69) is 15.5 Å². The van der Waals surface area contributed by atoms with E-state index in [0.29, 0.717) is 29.4 Å². The fourth-order valence-electron chi connectivity index (χ4n) is 3.57. The number of halogens is 6. The lowest BCUT2D eigenvalue weighted by molar-refractivity contribution is -0.143. The number of aryl methyl sites for hydroxylation is 1. The molecule has 0 aliphatic rings. The highest BCUT2D eigenvalue weighted by Crippen LogP contribution is 2.37. The predicted octanol–water partition coefficient (Wildman–Crippen LogP) is 7.02. The maximum absolute atomic E-state index is 13.2. The van der Waals surface area contributed by atoms with Crippen molar-refractivity contribution in [3.8, 4) is 22.8 Å². The summed E-state index contributed by atoms with van der Waals surface area (Å²) in [6.07, 6.45) is -10.1. The van der Waals surface area contributed by atoms with Crippen LogP contribution in [-0.2, 0) is 17.1 Å². The van der Waals surface area contributed by atoms with Gasteiger partial charge in [0.2, 0.25) is 5.91 Å². The summed E-state index contributed by atoms with van der Waals surface area (Å²) < 4.78 is 85.8. The highest BCUT2D eigenvalue weighted by molar-refractivity contribution is 7.99. The van der Waals surface area contributed by atoms with Crippen LogP contribution in [0.5, 0.6) is 5.75 Å². The Kier molecular flexibility index (Phi) is 7.91. The van der Waals surface area contributed by atoms with E-state index in [1.165, 1.54) is 7.11 Å². The molecule has 0 bridgehead atoms. The molecule has 6 nitrogen and oxygen atoms in total. The topological polar surface area (TPSA) is 69.0 Å². The largest absolute Gasteiger partial charge is 0.497 e.